The molecule has 1 N–H and O–H groups in total. The Morgan fingerprint density at radius 3 is 2.88 bits per heavy atom. The van der Waals surface area contributed by atoms with E-state index in [1.165, 1.54) is 6.07 Å². The van der Waals surface area contributed by atoms with Gasteiger partial charge in [-0.25, -0.2) is 8.78 Å². The molecule has 0 saturated carbocycles. The summed E-state index contributed by atoms with van der Waals surface area (Å²) in [5.74, 6) is -0.626. The molecule has 0 bridgehead atoms. The molecule has 86 valence electrons. The minimum atomic E-state index is -0.739. The highest BCUT2D eigenvalue weighted by Gasteiger charge is 2.23. The number of rotatable bonds is 2. The van der Waals surface area contributed by atoms with Crippen LogP contribution in [0.3, 0.4) is 0 Å². The molecule has 2 rings (SSSR count). The number of hydrogen-bond acceptors (Lipinski definition) is 2. The van der Waals surface area contributed by atoms with Crippen molar-refractivity contribution < 1.29 is 13.6 Å². The maximum Gasteiger partial charge on any atom is 0.237 e. The topological polar surface area (TPSA) is 29.1 Å². The first-order valence-electron chi connectivity index (χ1n) is 5.04. The zero-order chi connectivity index (χ0) is 11.5. The molecule has 0 spiro atoms. The summed E-state index contributed by atoms with van der Waals surface area (Å²) < 4.78 is 25.9. The molecule has 1 saturated heterocycles. The van der Waals surface area contributed by atoms with Crippen molar-refractivity contribution in [1.82, 2.24) is 0 Å². The number of thioether (sulfide) groups is 1. The van der Waals surface area contributed by atoms with Gasteiger partial charge in [-0.15, -0.1) is 11.8 Å². The molecule has 0 aromatic heterocycles. The van der Waals surface area contributed by atoms with Crippen LogP contribution in [0.5, 0.6) is 0 Å². The van der Waals surface area contributed by atoms with Crippen LogP contribution in [0.15, 0.2) is 18.2 Å². The van der Waals surface area contributed by atoms with Gasteiger partial charge in [-0.3, -0.25) is 4.79 Å². The lowest BCUT2D eigenvalue weighted by molar-refractivity contribution is -0.115. The van der Waals surface area contributed by atoms with E-state index >= 15 is 0 Å². The summed E-state index contributed by atoms with van der Waals surface area (Å²) in [6.45, 7) is 0. The average Bonchev–Trinajstić information content (AvgIpc) is 2.75. The van der Waals surface area contributed by atoms with Crippen molar-refractivity contribution in [3.63, 3.8) is 0 Å². The smallest absolute Gasteiger partial charge is 0.237 e. The van der Waals surface area contributed by atoms with E-state index in [0.717, 1.165) is 30.7 Å². The van der Waals surface area contributed by atoms with E-state index in [1.54, 1.807) is 11.8 Å². The third-order valence-electron chi connectivity index (χ3n) is 2.41. The molecule has 1 aliphatic heterocycles. The summed E-state index contributed by atoms with van der Waals surface area (Å²) in [6.07, 6.45) is 1.83. The van der Waals surface area contributed by atoms with E-state index < -0.39 is 11.6 Å². The number of hydrogen-bond donors (Lipinski definition) is 1. The van der Waals surface area contributed by atoms with Gasteiger partial charge in [0.2, 0.25) is 5.91 Å². The molecule has 2 nitrogen and oxygen atoms in total. The molecule has 16 heavy (non-hydrogen) atoms. The summed E-state index contributed by atoms with van der Waals surface area (Å²) in [5, 5.41) is 2.37. The maximum atomic E-state index is 13.2. The van der Waals surface area contributed by atoms with E-state index in [9.17, 15) is 13.6 Å². The predicted octanol–water partition coefficient (Wildman–Crippen LogP) is 2.80. The maximum absolute atomic E-state index is 13.2. The second-order valence-electron chi connectivity index (χ2n) is 3.62. The molecular formula is C11H11F2NOS. The van der Waals surface area contributed by atoms with Crippen LogP contribution in [0.4, 0.5) is 14.5 Å². The Labute approximate surface area is 96.4 Å². The Morgan fingerprint density at radius 1 is 1.44 bits per heavy atom. The van der Waals surface area contributed by atoms with Crippen LogP contribution >= 0.6 is 11.8 Å². The van der Waals surface area contributed by atoms with Crippen LogP contribution in [-0.2, 0) is 4.79 Å². The van der Waals surface area contributed by atoms with E-state index in [4.69, 9.17) is 0 Å². The van der Waals surface area contributed by atoms with Crippen LogP contribution in [0.1, 0.15) is 12.8 Å². The normalized spacial score (nSPS) is 19.8. The van der Waals surface area contributed by atoms with Gasteiger partial charge in [0.15, 0.2) is 0 Å². The fourth-order valence-corrected chi connectivity index (χ4v) is 2.75. The fraction of sp³-hybridized carbons (Fsp3) is 0.364. The summed E-state index contributed by atoms with van der Waals surface area (Å²) in [7, 11) is 0. The van der Waals surface area contributed by atoms with Crippen molar-refractivity contribution in [2.24, 2.45) is 0 Å². The van der Waals surface area contributed by atoms with E-state index in [-0.39, 0.29) is 16.8 Å². The molecule has 1 amide bonds. The van der Waals surface area contributed by atoms with Crippen LogP contribution in [0, 0.1) is 11.6 Å². The van der Waals surface area contributed by atoms with Gasteiger partial charge >= 0.3 is 0 Å². The number of anilines is 1. The van der Waals surface area contributed by atoms with Gasteiger partial charge in [0, 0.05) is 6.07 Å². The molecular weight excluding hydrogens is 232 g/mol. The SMILES string of the molecule is O=C(Nc1ccc(F)cc1F)C1CCCS1. The second kappa shape index (κ2) is 4.82. The molecule has 1 aromatic rings. The standard InChI is InChI=1S/C11H11F2NOS/c12-7-3-4-9(8(13)6-7)14-11(15)10-2-1-5-16-10/h3-4,6,10H,1-2,5H2,(H,14,15). The average molecular weight is 243 g/mol. The number of benzene rings is 1. The van der Waals surface area contributed by atoms with Crippen molar-refractivity contribution in [3.8, 4) is 0 Å². The highest BCUT2D eigenvalue weighted by molar-refractivity contribution is 8.00. The van der Waals surface area contributed by atoms with E-state index in [2.05, 4.69) is 5.32 Å². The van der Waals surface area contributed by atoms with Gasteiger partial charge in [-0.1, -0.05) is 0 Å². The Hall–Kier alpha value is -1.10. The minimum absolute atomic E-state index is 0.0406. The molecule has 1 heterocycles. The fourth-order valence-electron chi connectivity index (χ4n) is 1.59. The number of amides is 1. The summed E-state index contributed by atoms with van der Waals surface area (Å²) >= 11 is 1.57. The van der Waals surface area contributed by atoms with Crippen LogP contribution in [0.2, 0.25) is 0 Å². The van der Waals surface area contributed by atoms with Crippen molar-refractivity contribution in [3.05, 3.63) is 29.8 Å². The quantitative estimate of drug-likeness (QED) is 0.865. The Bertz CT molecular complexity index is 405. The third kappa shape index (κ3) is 2.52. The molecule has 1 atom stereocenters. The van der Waals surface area contributed by atoms with Crippen molar-refractivity contribution in [1.29, 1.82) is 0 Å². The lowest BCUT2D eigenvalue weighted by Crippen LogP contribution is -2.23. The second-order valence-corrected chi connectivity index (χ2v) is 4.93. The molecule has 5 heteroatoms. The predicted molar refractivity (Wildman–Crippen MR) is 60.5 cm³/mol. The van der Waals surface area contributed by atoms with Crippen molar-refractivity contribution in [2.45, 2.75) is 18.1 Å². The van der Waals surface area contributed by atoms with Gasteiger partial charge < -0.3 is 5.32 Å². The van der Waals surface area contributed by atoms with E-state index in [1.807, 2.05) is 0 Å². The van der Waals surface area contributed by atoms with Gasteiger partial charge in [-0.05, 0) is 30.7 Å². The summed E-state index contributed by atoms with van der Waals surface area (Å²) in [6, 6.07) is 3.13. The molecule has 1 aliphatic rings. The number of nitrogens with one attached hydrogen (secondary N) is 1. The summed E-state index contributed by atoms with van der Waals surface area (Å²) in [5.41, 5.74) is 0.0406. The number of halogens is 2. The van der Waals surface area contributed by atoms with Gasteiger partial charge in [-0.2, -0.15) is 0 Å². The highest BCUT2D eigenvalue weighted by atomic mass is 32.2. The largest absolute Gasteiger partial charge is 0.323 e. The zero-order valence-electron chi connectivity index (χ0n) is 8.50. The summed E-state index contributed by atoms with van der Waals surface area (Å²) in [4.78, 5) is 11.7. The van der Waals surface area contributed by atoms with E-state index in [0.29, 0.717) is 0 Å². The van der Waals surface area contributed by atoms with Gasteiger partial charge in [0.05, 0.1) is 10.9 Å². The van der Waals surface area contributed by atoms with Gasteiger partial charge in [0.1, 0.15) is 11.6 Å². The number of carbonyl (C=O) groups excluding carboxylic acids is 1. The Morgan fingerprint density at radius 2 is 2.25 bits per heavy atom. The van der Waals surface area contributed by atoms with Crippen LogP contribution < -0.4 is 5.32 Å². The first-order chi connectivity index (χ1) is 7.66. The molecule has 1 unspecified atom stereocenters. The monoisotopic (exact) mass is 243 g/mol. The molecule has 0 radical (unpaired) electrons. The highest BCUT2D eigenvalue weighted by Crippen LogP contribution is 2.27. The lowest BCUT2D eigenvalue weighted by atomic mass is 10.2. The van der Waals surface area contributed by atoms with Crippen molar-refractivity contribution in [2.75, 3.05) is 11.1 Å². The third-order valence-corrected chi connectivity index (χ3v) is 3.79. The minimum Gasteiger partial charge on any atom is -0.323 e. The van der Waals surface area contributed by atoms with Crippen LogP contribution in [-0.4, -0.2) is 16.9 Å². The van der Waals surface area contributed by atoms with Crippen LogP contribution in [0.25, 0.3) is 0 Å². The molecule has 0 aliphatic carbocycles. The first kappa shape index (κ1) is 11.4. The first-order valence-corrected chi connectivity index (χ1v) is 6.09. The molecule has 1 aromatic carbocycles. The Balaban J connectivity index is 2.05. The van der Waals surface area contributed by atoms with Crippen molar-refractivity contribution >= 4 is 23.4 Å². The Kier molecular flexibility index (Phi) is 3.43. The number of carbonyl (C=O) groups is 1. The lowest BCUT2D eigenvalue weighted by Gasteiger charge is -2.10. The zero-order valence-corrected chi connectivity index (χ0v) is 9.32. The molecule has 1 fully saturated rings. The van der Waals surface area contributed by atoms with Gasteiger partial charge in [0.25, 0.3) is 0 Å².